The fraction of sp³-hybridized carbons (Fsp3) is 0.182. The van der Waals surface area contributed by atoms with Gasteiger partial charge in [0.2, 0.25) is 0 Å². The predicted molar refractivity (Wildman–Crippen MR) is 54.3 cm³/mol. The number of phenols is 1. The van der Waals surface area contributed by atoms with E-state index >= 15 is 0 Å². The van der Waals surface area contributed by atoms with E-state index in [4.69, 9.17) is 5.11 Å². The molecule has 0 radical (unpaired) electrons. The van der Waals surface area contributed by atoms with Gasteiger partial charge in [0, 0.05) is 6.08 Å². The molecule has 0 aliphatic heterocycles. The van der Waals surface area contributed by atoms with Crippen LogP contribution in [0.4, 0.5) is 0 Å². The normalized spacial score (nSPS) is 10.7. The summed E-state index contributed by atoms with van der Waals surface area (Å²) in [7, 11) is 0. The Morgan fingerprint density at radius 1 is 1.29 bits per heavy atom. The number of benzene rings is 1. The maximum absolute atomic E-state index is 10.3. The highest BCUT2D eigenvalue weighted by atomic mass is 16.4. The number of aryl methyl sites for hydroxylation is 2. The molecule has 74 valence electrons. The second-order valence-corrected chi connectivity index (χ2v) is 3.17. The second-order valence-electron chi connectivity index (χ2n) is 3.17. The highest BCUT2D eigenvalue weighted by Gasteiger charge is 2.00. The summed E-state index contributed by atoms with van der Waals surface area (Å²) in [6.07, 6.45) is 2.52. The Morgan fingerprint density at radius 3 is 2.50 bits per heavy atom. The highest BCUT2D eigenvalue weighted by molar-refractivity contribution is 5.85. The third kappa shape index (κ3) is 2.36. The predicted octanol–water partition coefficient (Wildman–Crippen LogP) is 2.11. The molecule has 0 fully saturated rings. The fourth-order valence-corrected chi connectivity index (χ4v) is 1.20. The van der Waals surface area contributed by atoms with Gasteiger partial charge in [-0.1, -0.05) is 6.07 Å². The fourth-order valence-electron chi connectivity index (χ4n) is 1.20. The monoisotopic (exact) mass is 192 g/mol. The minimum atomic E-state index is -0.996. The van der Waals surface area contributed by atoms with E-state index in [0.29, 0.717) is 0 Å². The quantitative estimate of drug-likeness (QED) is 0.705. The van der Waals surface area contributed by atoms with Crippen molar-refractivity contribution in [1.29, 1.82) is 0 Å². The molecule has 1 aromatic carbocycles. The van der Waals surface area contributed by atoms with Crippen molar-refractivity contribution in [2.24, 2.45) is 0 Å². The zero-order valence-electron chi connectivity index (χ0n) is 8.11. The molecule has 3 nitrogen and oxygen atoms in total. The van der Waals surface area contributed by atoms with Gasteiger partial charge < -0.3 is 10.2 Å². The first kappa shape index (κ1) is 10.3. The maximum atomic E-state index is 10.3. The Labute approximate surface area is 82.3 Å². The molecule has 0 heterocycles. The summed E-state index contributed by atoms with van der Waals surface area (Å²) in [5.74, 6) is -0.815. The standard InChI is InChI=1S/C11H12O3/c1-7-5-8(2)10(12)6-9(7)3-4-11(13)14/h3-6,12H,1-2H3,(H,13,14)/b4-3+. The van der Waals surface area contributed by atoms with Crippen LogP contribution in [0.15, 0.2) is 18.2 Å². The van der Waals surface area contributed by atoms with Gasteiger partial charge in [0.1, 0.15) is 5.75 Å². The summed E-state index contributed by atoms with van der Waals surface area (Å²) in [6.45, 7) is 3.67. The van der Waals surface area contributed by atoms with E-state index < -0.39 is 5.97 Å². The second kappa shape index (κ2) is 3.96. The molecule has 0 amide bonds. The molecule has 0 aromatic heterocycles. The summed E-state index contributed by atoms with van der Waals surface area (Å²) in [5.41, 5.74) is 2.45. The average molecular weight is 192 g/mol. The van der Waals surface area contributed by atoms with Crippen LogP contribution < -0.4 is 0 Å². The first-order valence-corrected chi connectivity index (χ1v) is 4.22. The van der Waals surface area contributed by atoms with Gasteiger partial charge in [-0.3, -0.25) is 0 Å². The van der Waals surface area contributed by atoms with E-state index in [1.54, 1.807) is 13.0 Å². The van der Waals surface area contributed by atoms with Crippen molar-refractivity contribution in [1.82, 2.24) is 0 Å². The largest absolute Gasteiger partial charge is 0.508 e. The maximum Gasteiger partial charge on any atom is 0.328 e. The number of aromatic hydroxyl groups is 1. The van der Waals surface area contributed by atoms with Gasteiger partial charge in [-0.25, -0.2) is 4.79 Å². The first-order valence-electron chi connectivity index (χ1n) is 4.22. The van der Waals surface area contributed by atoms with Gasteiger partial charge in [-0.05, 0) is 42.7 Å². The summed E-state index contributed by atoms with van der Waals surface area (Å²) < 4.78 is 0. The molecule has 14 heavy (non-hydrogen) atoms. The van der Waals surface area contributed by atoms with Crippen molar-refractivity contribution in [2.75, 3.05) is 0 Å². The van der Waals surface area contributed by atoms with Gasteiger partial charge >= 0.3 is 5.97 Å². The Morgan fingerprint density at radius 2 is 1.93 bits per heavy atom. The molecule has 0 unspecified atom stereocenters. The van der Waals surface area contributed by atoms with Crippen molar-refractivity contribution < 1.29 is 15.0 Å². The van der Waals surface area contributed by atoms with Crippen molar-refractivity contribution in [2.45, 2.75) is 13.8 Å². The topological polar surface area (TPSA) is 57.5 Å². The molecule has 1 rings (SSSR count). The molecule has 0 saturated carbocycles. The lowest BCUT2D eigenvalue weighted by atomic mass is 10.0. The Balaban J connectivity index is 3.10. The summed E-state index contributed by atoms with van der Waals surface area (Å²) >= 11 is 0. The van der Waals surface area contributed by atoms with Gasteiger partial charge in [-0.15, -0.1) is 0 Å². The molecule has 2 N–H and O–H groups in total. The lowest BCUT2D eigenvalue weighted by Gasteiger charge is -2.04. The number of carboxylic acids is 1. The molecule has 3 heteroatoms. The van der Waals surface area contributed by atoms with Crippen LogP contribution in [0.1, 0.15) is 16.7 Å². The smallest absolute Gasteiger partial charge is 0.328 e. The molecule has 1 aromatic rings. The molecular weight excluding hydrogens is 180 g/mol. The third-order valence-corrected chi connectivity index (χ3v) is 1.99. The van der Waals surface area contributed by atoms with E-state index in [1.807, 2.05) is 13.0 Å². The van der Waals surface area contributed by atoms with E-state index in [0.717, 1.165) is 22.8 Å². The van der Waals surface area contributed by atoms with Gasteiger partial charge in [0.25, 0.3) is 0 Å². The number of carboxylic acid groups (broad SMARTS) is 1. The van der Waals surface area contributed by atoms with Crippen molar-refractivity contribution in [3.63, 3.8) is 0 Å². The van der Waals surface area contributed by atoms with Crippen LogP contribution in [0.5, 0.6) is 5.75 Å². The average Bonchev–Trinajstić information content (AvgIpc) is 2.09. The van der Waals surface area contributed by atoms with Crippen LogP contribution in [0.2, 0.25) is 0 Å². The van der Waals surface area contributed by atoms with E-state index in [-0.39, 0.29) is 5.75 Å². The SMILES string of the molecule is Cc1cc(C)c(/C=C/C(=O)O)cc1O. The Hall–Kier alpha value is -1.77. The lowest BCUT2D eigenvalue weighted by Crippen LogP contribution is -1.88. The first-order chi connectivity index (χ1) is 6.50. The minimum Gasteiger partial charge on any atom is -0.508 e. The number of rotatable bonds is 2. The van der Waals surface area contributed by atoms with Crippen molar-refractivity contribution in [3.8, 4) is 5.75 Å². The van der Waals surface area contributed by atoms with Gasteiger partial charge in [0.05, 0.1) is 0 Å². The van der Waals surface area contributed by atoms with Crippen LogP contribution in [0, 0.1) is 13.8 Å². The molecule has 0 bridgehead atoms. The summed E-state index contributed by atoms with van der Waals surface area (Å²) in [5, 5.41) is 17.8. The van der Waals surface area contributed by atoms with Crippen LogP contribution in [-0.4, -0.2) is 16.2 Å². The zero-order chi connectivity index (χ0) is 10.7. The zero-order valence-corrected chi connectivity index (χ0v) is 8.11. The highest BCUT2D eigenvalue weighted by Crippen LogP contribution is 2.22. The van der Waals surface area contributed by atoms with Crippen LogP contribution in [0.25, 0.3) is 6.08 Å². The summed E-state index contributed by atoms with van der Waals surface area (Å²) in [6, 6.07) is 3.38. The molecule has 0 saturated heterocycles. The van der Waals surface area contributed by atoms with Crippen LogP contribution in [-0.2, 0) is 4.79 Å². The van der Waals surface area contributed by atoms with E-state index in [1.165, 1.54) is 6.08 Å². The number of hydrogen-bond acceptors (Lipinski definition) is 2. The van der Waals surface area contributed by atoms with Crippen LogP contribution in [0.3, 0.4) is 0 Å². The number of phenolic OH excluding ortho intramolecular Hbond substituents is 1. The lowest BCUT2D eigenvalue weighted by molar-refractivity contribution is -0.131. The van der Waals surface area contributed by atoms with E-state index in [2.05, 4.69) is 0 Å². The molecule has 0 aliphatic carbocycles. The molecular formula is C11H12O3. The van der Waals surface area contributed by atoms with Gasteiger partial charge in [0.15, 0.2) is 0 Å². The molecule has 0 aliphatic rings. The summed E-state index contributed by atoms with van der Waals surface area (Å²) in [4.78, 5) is 10.3. The number of hydrogen-bond donors (Lipinski definition) is 2. The van der Waals surface area contributed by atoms with Crippen molar-refractivity contribution in [3.05, 3.63) is 34.9 Å². The minimum absolute atomic E-state index is 0.181. The Bertz CT molecular complexity index is 392. The van der Waals surface area contributed by atoms with Crippen LogP contribution >= 0.6 is 0 Å². The van der Waals surface area contributed by atoms with E-state index in [9.17, 15) is 9.90 Å². The third-order valence-electron chi connectivity index (χ3n) is 1.99. The molecule has 0 atom stereocenters. The van der Waals surface area contributed by atoms with Gasteiger partial charge in [-0.2, -0.15) is 0 Å². The molecule has 0 spiro atoms. The van der Waals surface area contributed by atoms with Crippen molar-refractivity contribution >= 4 is 12.0 Å². The number of carbonyl (C=O) groups is 1. The Kier molecular flexibility index (Phi) is 2.92. The number of aliphatic carboxylic acids is 1.